The van der Waals surface area contributed by atoms with Crippen molar-refractivity contribution in [3.05, 3.63) is 29.3 Å². The first-order valence-electron chi connectivity index (χ1n) is 12.7. The van der Waals surface area contributed by atoms with Crippen molar-refractivity contribution >= 4 is 17.8 Å². The van der Waals surface area contributed by atoms with Crippen LogP contribution in [-0.2, 0) is 9.53 Å². The predicted molar refractivity (Wildman–Crippen MR) is 136 cm³/mol. The third kappa shape index (κ3) is 10.8. The molecule has 1 aromatic rings. The molecule has 0 aliphatic carbocycles. The average molecular weight is 485 g/mol. The molecule has 0 spiro atoms. The van der Waals surface area contributed by atoms with Crippen LogP contribution in [0.2, 0.25) is 0 Å². The molecule has 0 bridgehead atoms. The minimum absolute atomic E-state index is 0.0248. The number of hydrogen-bond acceptors (Lipinski definition) is 6. The zero-order valence-electron chi connectivity index (χ0n) is 21.4. The summed E-state index contributed by atoms with van der Waals surface area (Å²) >= 11 is 0. The summed E-state index contributed by atoms with van der Waals surface area (Å²) in [6.45, 7) is 6.43. The van der Waals surface area contributed by atoms with Gasteiger partial charge < -0.3 is 14.8 Å². The van der Waals surface area contributed by atoms with Gasteiger partial charge in [-0.2, -0.15) is 5.26 Å². The van der Waals surface area contributed by atoms with Crippen LogP contribution in [0.15, 0.2) is 18.2 Å². The summed E-state index contributed by atoms with van der Waals surface area (Å²) in [6, 6.07) is 7.60. The second kappa shape index (κ2) is 14.3. The molecule has 0 radical (unpaired) electrons. The maximum absolute atomic E-state index is 12.2. The quantitative estimate of drug-likeness (QED) is 0.192. The lowest BCUT2D eigenvalue weighted by molar-refractivity contribution is -0.121. The zero-order chi connectivity index (χ0) is 25.7. The molecule has 0 saturated carbocycles. The first-order chi connectivity index (χ1) is 16.7. The van der Waals surface area contributed by atoms with Gasteiger partial charge in [0.25, 0.3) is 0 Å². The predicted octanol–water partition coefficient (Wildman–Crippen LogP) is 5.55. The highest BCUT2D eigenvalue weighted by Crippen LogP contribution is 2.36. The molecule has 1 aromatic carbocycles. The van der Waals surface area contributed by atoms with Gasteiger partial charge in [0.15, 0.2) is 0 Å². The van der Waals surface area contributed by atoms with Crippen molar-refractivity contribution in [2.75, 3.05) is 13.2 Å². The highest BCUT2D eigenvalue weighted by Gasteiger charge is 2.25. The van der Waals surface area contributed by atoms with Crippen LogP contribution in [0.3, 0.4) is 0 Å². The number of alkyl carbamates (subject to hydrolysis) is 1. The van der Waals surface area contributed by atoms with Crippen LogP contribution in [0.5, 0.6) is 5.75 Å². The summed E-state index contributed by atoms with van der Waals surface area (Å²) in [5.74, 6) is 0.960. The van der Waals surface area contributed by atoms with Gasteiger partial charge in [-0.1, -0.05) is 32.1 Å². The van der Waals surface area contributed by atoms with Gasteiger partial charge in [-0.3, -0.25) is 15.5 Å². The van der Waals surface area contributed by atoms with Crippen LogP contribution >= 0.6 is 0 Å². The molecule has 1 unspecified atom stereocenters. The molecule has 8 heteroatoms. The van der Waals surface area contributed by atoms with Crippen LogP contribution in [-0.4, -0.2) is 36.6 Å². The Morgan fingerprint density at radius 1 is 1.14 bits per heavy atom. The molecular formula is C27H40N4O4. The Hall–Kier alpha value is -3.08. The number of ether oxygens (including phenoxy) is 2. The van der Waals surface area contributed by atoms with Gasteiger partial charge in [-0.15, -0.1) is 0 Å². The Bertz CT molecular complexity index is 901. The number of nitrogens with zero attached hydrogens (tertiary/aromatic N) is 1. The molecule has 2 rings (SSSR count). The molecule has 0 aromatic heterocycles. The number of carbonyl (C=O) groups is 2. The van der Waals surface area contributed by atoms with E-state index in [9.17, 15) is 9.59 Å². The fourth-order valence-electron chi connectivity index (χ4n) is 4.00. The smallest absolute Gasteiger partial charge is 0.413 e. The van der Waals surface area contributed by atoms with Crippen molar-refractivity contribution in [2.24, 2.45) is 0 Å². The number of carbonyl (C=O) groups excluding carboxylic acids is 2. The number of fused-ring (bicyclic) bond motifs is 1. The van der Waals surface area contributed by atoms with Gasteiger partial charge in [0.2, 0.25) is 5.91 Å². The van der Waals surface area contributed by atoms with Crippen LogP contribution in [0, 0.1) is 16.7 Å². The molecule has 0 fully saturated rings. The Balaban J connectivity index is 1.69. The van der Waals surface area contributed by atoms with Gasteiger partial charge in [-0.05, 0) is 58.2 Å². The largest absolute Gasteiger partial charge is 0.493 e. The first kappa shape index (κ1) is 28.2. The summed E-state index contributed by atoms with van der Waals surface area (Å²) in [6.07, 6.45) is 8.81. The Morgan fingerprint density at radius 3 is 2.51 bits per heavy atom. The van der Waals surface area contributed by atoms with Gasteiger partial charge >= 0.3 is 6.09 Å². The van der Waals surface area contributed by atoms with E-state index >= 15 is 0 Å². The van der Waals surface area contributed by atoms with Gasteiger partial charge in [0, 0.05) is 36.4 Å². The second-order valence-electron chi connectivity index (χ2n) is 10.0. The molecule has 1 heterocycles. The van der Waals surface area contributed by atoms with Crippen LogP contribution < -0.4 is 15.4 Å². The van der Waals surface area contributed by atoms with Crippen molar-refractivity contribution in [1.29, 1.82) is 10.7 Å². The molecular weight excluding hydrogens is 444 g/mol. The standard InChI is InChI=1S/C27H40N4O4/c1-27(2,3)35-26(33)31-25(29)20-13-14-23-22(18-20)21(19-34-23)15-17-30-24(32)12-10-8-6-4-5-7-9-11-16-28/h13-14,18,21H,4-12,15,17,19H2,1-3H3,(H,30,32)(H2,29,31,33). The average Bonchev–Trinajstić information content (AvgIpc) is 3.19. The molecule has 192 valence electrons. The summed E-state index contributed by atoms with van der Waals surface area (Å²) in [4.78, 5) is 24.1. The molecule has 3 N–H and O–H groups in total. The number of unbranched alkanes of at least 4 members (excludes halogenated alkanes) is 7. The first-order valence-corrected chi connectivity index (χ1v) is 12.7. The number of amidine groups is 1. The fraction of sp³-hybridized carbons (Fsp3) is 0.630. The molecule has 1 aliphatic heterocycles. The molecule has 2 amide bonds. The van der Waals surface area contributed by atoms with E-state index < -0.39 is 11.7 Å². The normalized spacial score (nSPS) is 14.4. The Morgan fingerprint density at radius 2 is 1.83 bits per heavy atom. The van der Waals surface area contributed by atoms with Gasteiger partial charge in [-0.25, -0.2) is 4.79 Å². The van der Waals surface area contributed by atoms with Crippen molar-refractivity contribution in [3.8, 4) is 11.8 Å². The summed E-state index contributed by atoms with van der Waals surface area (Å²) in [5.41, 5.74) is 0.937. The number of nitrogens with one attached hydrogen (secondary N) is 3. The highest BCUT2D eigenvalue weighted by molar-refractivity contribution is 6.04. The van der Waals surface area contributed by atoms with Crippen molar-refractivity contribution < 1.29 is 19.1 Å². The highest BCUT2D eigenvalue weighted by atomic mass is 16.6. The minimum Gasteiger partial charge on any atom is -0.493 e. The van der Waals surface area contributed by atoms with Gasteiger partial charge in [0.1, 0.15) is 17.2 Å². The van der Waals surface area contributed by atoms with Crippen molar-refractivity contribution in [1.82, 2.24) is 10.6 Å². The lowest BCUT2D eigenvalue weighted by Gasteiger charge is -2.20. The maximum atomic E-state index is 12.2. The van der Waals surface area contributed by atoms with Crippen LogP contribution in [0.25, 0.3) is 0 Å². The molecule has 1 atom stereocenters. The van der Waals surface area contributed by atoms with E-state index in [1.165, 1.54) is 6.42 Å². The van der Waals surface area contributed by atoms with Gasteiger partial charge in [0.05, 0.1) is 12.7 Å². The van der Waals surface area contributed by atoms with Crippen molar-refractivity contribution in [3.63, 3.8) is 0 Å². The minimum atomic E-state index is -0.658. The lowest BCUT2D eigenvalue weighted by Crippen LogP contribution is -2.36. The third-order valence-corrected chi connectivity index (χ3v) is 5.81. The number of nitriles is 1. The van der Waals surface area contributed by atoms with E-state index in [0.29, 0.717) is 31.6 Å². The van der Waals surface area contributed by atoms with E-state index in [4.69, 9.17) is 20.1 Å². The maximum Gasteiger partial charge on any atom is 0.413 e. The number of rotatable bonds is 13. The van der Waals surface area contributed by atoms with Crippen LogP contribution in [0.4, 0.5) is 4.79 Å². The topological polar surface area (TPSA) is 124 Å². The molecule has 1 aliphatic rings. The third-order valence-electron chi connectivity index (χ3n) is 5.81. The van der Waals surface area contributed by atoms with E-state index in [1.807, 2.05) is 12.1 Å². The monoisotopic (exact) mass is 484 g/mol. The molecule has 0 saturated heterocycles. The lowest BCUT2D eigenvalue weighted by atomic mass is 9.96. The van der Waals surface area contributed by atoms with E-state index in [0.717, 1.165) is 56.3 Å². The summed E-state index contributed by atoms with van der Waals surface area (Å²) < 4.78 is 11.0. The summed E-state index contributed by atoms with van der Waals surface area (Å²) in [5, 5.41) is 22.2. The van der Waals surface area contributed by atoms with Crippen LogP contribution in [0.1, 0.15) is 102 Å². The molecule has 8 nitrogen and oxygen atoms in total. The van der Waals surface area contributed by atoms with E-state index in [1.54, 1.807) is 26.8 Å². The number of benzene rings is 1. The number of hydrogen-bond donors (Lipinski definition) is 3. The fourth-order valence-corrected chi connectivity index (χ4v) is 4.00. The summed E-state index contributed by atoms with van der Waals surface area (Å²) in [7, 11) is 0. The van der Waals surface area contributed by atoms with E-state index in [2.05, 4.69) is 16.7 Å². The Labute approximate surface area is 209 Å². The second-order valence-corrected chi connectivity index (χ2v) is 10.0. The SMILES string of the molecule is CC(C)(C)OC(=O)NC(=N)c1ccc2c(c1)C(CCNC(=O)CCCCCCCCCC#N)CO2. The Kier molecular flexibility index (Phi) is 11.5. The van der Waals surface area contributed by atoms with Crippen molar-refractivity contribution in [2.45, 2.75) is 96.5 Å². The molecule has 35 heavy (non-hydrogen) atoms. The van der Waals surface area contributed by atoms with E-state index in [-0.39, 0.29) is 17.7 Å². The zero-order valence-corrected chi connectivity index (χ0v) is 21.4. The number of amides is 2.